The first-order valence-corrected chi connectivity index (χ1v) is 12.1. The van der Waals surface area contributed by atoms with Crippen molar-refractivity contribution in [3.05, 3.63) is 113 Å². The number of amides is 1. The summed E-state index contributed by atoms with van der Waals surface area (Å²) in [5.41, 5.74) is 4.56. The predicted molar refractivity (Wildman–Crippen MR) is 143 cm³/mol. The van der Waals surface area contributed by atoms with E-state index in [9.17, 15) is 4.79 Å². The fourth-order valence-corrected chi connectivity index (χ4v) is 4.85. The van der Waals surface area contributed by atoms with Crippen molar-refractivity contribution in [1.29, 1.82) is 0 Å². The molecule has 3 heterocycles. The van der Waals surface area contributed by atoms with Crippen LogP contribution < -0.4 is 10.6 Å². The van der Waals surface area contributed by atoms with Gasteiger partial charge < -0.3 is 20.1 Å². The van der Waals surface area contributed by atoms with Crippen LogP contribution in [0.4, 0.5) is 5.69 Å². The molecular formula is C27H24ClN5OS. The number of hydrogen-bond acceptors (Lipinski definition) is 3. The number of benzene rings is 2. The molecule has 6 nitrogen and oxygen atoms in total. The molecule has 0 saturated carbocycles. The van der Waals surface area contributed by atoms with Gasteiger partial charge in [-0.2, -0.15) is 0 Å². The number of rotatable bonds is 6. The highest BCUT2D eigenvalue weighted by Gasteiger charge is 2.42. The molecule has 8 heteroatoms. The molecule has 2 N–H and O–H groups in total. The van der Waals surface area contributed by atoms with E-state index in [2.05, 4.69) is 32.3 Å². The molecule has 5 rings (SSSR count). The third-order valence-electron chi connectivity index (χ3n) is 6.07. The fourth-order valence-electron chi connectivity index (χ4n) is 4.42. The number of carbonyl (C=O) groups excluding carboxylic acids is 1. The second-order valence-electron chi connectivity index (χ2n) is 8.41. The smallest absolute Gasteiger partial charge is 0.244 e. The number of aryl methyl sites for hydroxylation is 1. The van der Waals surface area contributed by atoms with Crippen LogP contribution in [0.15, 0.2) is 91.3 Å². The van der Waals surface area contributed by atoms with Crippen molar-refractivity contribution < 1.29 is 4.79 Å². The number of para-hydroxylation sites is 1. The van der Waals surface area contributed by atoms with Gasteiger partial charge in [-0.1, -0.05) is 35.9 Å². The van der Waals surface area contributed by atoms with Crippen molar-refractivity contribution in [2.24, 2.45) is 0 Å². The highest BCUT2D eigenvalue weighted by Crippen LogP contribution is 2.39. The van der Waals surface area contributed by atoms with Crippen molar-refractivity contribution in [1.82, 2.24) is 19.8 Å². The van der Waals surface area contributed by atoms with Crippen LogP contribution in [0.25, 0.3) is 5.69 Å². The summed E-state index contributed by atoms with van der Waals surface area (Å²) in [5, 5.41) is 7.60. The molecule has 0 spiro atoms. The topological polar surface area (TPSA) is 62.2 Å². The molecule has 0 unspecified atom stereocenters. The maximum absolute atomic E-state index is 13.0. The summed E-state index contributed by atoms with van der Waals surface area (Å²) < 4.78 is 2.11. The fraction of sp³-hybridized carbons (Fsp3) is 0.148. The lowest BCUT2D eigenvalue weighted by atomic mass is 10.0. The van der Waals surface area contributed by atoms with Gasteiger partial charge in [-0.25, -0.2) is 0 Å². The molecule has 2 aromatic heterocycles. The number of hydrogen-bond donors (Lipinski definition) is 2. The van der Waals surface area contributed by atoms with E-state index in [0.29, 0.717) is 5.11 Å². The van der Waals surface area contributed by atoms with Crippen LogP contribution in [0.1, 0.15) is 29.0 Å². The van der Waals surface area contributed by atoms with E-state index >= 15 is 0 Å². The Kier molecular flexibility index (Phi) is 6.53. The lowest BCUT2D eigenvalue weighted by molar-refractivity contribution is -0.116. The molecule has 1 aliphatic heterocycles. The molecule has 1 aliphatic rings. The Labute approximate surface area is 214 Å². The van der Waals surface area contributed by atoms with Gasteiger partial charge in [-0.15, -0.1) is 0 Å². The minimum atomic E-state index is -0.259. The lowest BCUT2D eigenvalue weighted by Gasteiger charge is -2.28. The van der Waals surface area contributed by atoms with Crippen LogP contribution in [0, 0.1) is 6.92 Å². The van der Waals surface area contributed by atoms with E-state index in [1.54, 1.807) is 6.20 Å². The summed E-state index contributed by atoms with van der Waals surface area (Å²) in [4.78, 5) is 19.6. The number of nitrogens with zero attached hydrogens (tertiary/aromatic N) is 3. The van der Waals surface area contributed by atoms with Crippen molar-refractivity contribution in [3.63, 3.8) is 0 Å². The summed E-state index contributed by atoms with van der Waals surface area (Å²) in [6.45, 7) is 2.08. The molecule has 0 bridgehead atoms. The first-order chi connectivity index (χ1) is 17.0. The molecule has 176 valence electrons. The number of halogens is 1. The molecule has 1 fully saturated rings. The van der Waals surface area contributed by atoms with Gasteiger partial charge in [0.2, 0.25) is 5.91 Å². The highest BCUT2D eigenvalue weighted by atomic mass is 35.5. The monoisotopic (exact) mass is 501 g/mol. The van der Waals surface area contributed by atoms with E-state index < -0.39 is 0 Å². The van der Waals surface area contributed by atoms with E-state index in [1.807, 2.05) is 84.8 Å². The van der Waals surface area contributed by atoms with Gasteiger partial charge in [0.25, 0.3) is 0 Å². The second-order valence-corrected chi connectivity index (χ2v) is 9.20. The molecule has 4 aromatic rings. The largest absolute Gasteiger partial charge is 0.352 e. The van der Waals surface area contributed by atoms with E-state index in [-0.39, 0.29) is 24.5 Å². The number of aromatic nitrogens is 2. The van der Waals surface area contributed by atoms with Crippen LogP contribution >= 0.6 is 23.8 Å². The summed E-state index contributed by atoms with van der Waals surface area (Å²) in [6, 6.07) is 24.7. The van der Waals surface area contributed by atoms with Gasteiger partial charge in [-0.05, 0) is 79.3 Å². The Morgan fingerprint density at radius 3 is 2.63 bits per heavy atom. The molecule has 1 saturated heterocycles. The average Bonchev–Trinajstić information content (AvgIpc) is 3.46. The molecule has 0 aliphatic carbocycles. The number of thiocarbonyl (C=S) groups is 1. The Morgan fingerprint density at radius 1 is 1.09 bits per heavy atom. The zero-order valence-corrected chi connectivity index (χ0v) is 20.6. The summed E-state index contributed by atoms with van der Waals surface area (Å²) in [5.74, 6) is -0.146. The maximum atomic E-state index is 13.0. The van der Waals surface area contributed by atoms with Gasteiger partial charge in [0.15, 0.2) is 5.11 Å². The minimum Gasteiger partial charge on any atom is -0.352 e. The lowest BCUT2D eigenvalue weighted by Crippen LogP contribution is -2.37. The molecule has 2 aromatic carbocycles. The third kappa shape index (κ3) is 4.78. The quantitative estimate of drug-likeness (QED) is 0.344. The normalized spacial score (nSPS) is 17.3. The van der Waals surface area contributed by atoms with Crippen molar-refractivity contribution in [2.45, 2.75) is 19.0 Å². The van der Waals surface area contributed by atoms with Crippen LogP contribution in [0.3, 0.4) is 0 Å². The third-order valence-corrected chi connectivity index (χ3v) is 6.85. The zero-order chi connectivity index (χ0) is 24.4. The highest BCUT2D eigenvalue weighted by molar-refractivity contribution is 7.80. The number of carbonyl (C=O) groups is 1. The Balaban J connectivity index is 1.52. The predicted octanol–water partition coefficient (Wildman–Crippen LogP) is 5.45. The SMILES string of the molecule is Cc1cc(-n2cccc2[C@H]2[C@@H](c3ccccn3)NC(=S)N2CC(=O)Nc2ccccc2)ccc1Cl. The molecule has 2 atom stereocenters. The van der Waals surface area contributed by atoms with E-state index in [0.717, 1.165) is 33.3 Å². The average molecular weight is 502 g/mol. The first-order valence-electron chi connectivity index (χ1n) is 11.3. The van der Waals surface area contributed by atoms with Gasteiger partial charge in [0.05, 0.1) is 17.8 Å². The van der Waals surface area contributed by atoms with Crippen molar-refractivity contribution in [2.75, 3.05) is 11.9 Å². The maximum Gasteiger partial charge on any atom is 0.244 e. The Hall–Kier alpha value is -3.68. The minimum absolute atomic E-state index is 0.0968. The molecule has 0 radical (unpaired) electrons. The van der Waals surface area contributed by atoms with Crippen LogP contribution in [0.5, 0.6) is 0 Å². The van der Waals surface area contributed by atoms with Gasteiger partial charge in [-0.3, -0.25) is 9.78 Å². The number of anilines is 1. The van der Waals surface area contributed by atoms with Crippen LogP contribution in [0.2, 0.25) is 5.02 Å². The Bertz CT molecular complexity index is 1360. The van der Waals surface area contributed by atoms with Crippen LogP contribution in [-0.2, 0) is 4.79 Å². The van der Waals surface area contributed by atoms with Gasteiger partial charge in [0, 0.05) is 34.5 Å². The summed E-state index contributed by atoms with van der Waals surface area (Å²) >= 11 is 12.0. The van der Waals surface area contributed by atoms with Crippen LogP contribution in [-0.4, -0.2) is 32.0 Å². The van der Waals surface area contributed by atoms with Gasteiger partial charge >= 0.3 is 0 Å². The summed E-state index contributed by atoms with van der Waals surface area (Å²) in [6.07, 6.45) is 3.78. The number of nitrogens with one attached hydrogen (secondary N) is 2. The molecule has 35 heavy (non-hydrogen) atoms. The first kappa shape index (κ1) is 23.1. The zero-order valence-electron chi connectivity index (χ0n) is 19.1. The molecular weight excluding hydrogens is 478 g/mol. The van der Waals surface area contributed by atoms with Crippen molar-refractivity contribution in [3.8, 4) is 5.69 Å². The number of pyridine rings is 1. The standard InChI is InChI=1S/C27H24ClN5OS/c1-18-16-20(12-13-21(18)28)32-15-7-11-23(32)26-25(22-10-5-6-14-29-22)31-27(35)33(26)17-24(34)30-19-8-3-2-4-9-19/h2-16,25-26H,17H2,1H3,(H,30,34)(H,31,35)/t25-,26+/m1/s1. The summed E-state index contributed by atoms with van der Waals surface area (Å²) in [7, 11) is 0. The van der Waals surface area contributed by atoms with E-state index in [4.69, 9.17) is 23.8 Å². The van der Waals surface area contributed by atoms with E-state index in [1.165, 1.54) is 0 Å². The Morgan fingerprint density at radius 2 is 1.89 bits per heavy atom. The van der Waals surface area contributed by atoms with Crippen molar-refractivity contribution >= 4 is 40.5 Å². The molecule has 1 amide bonds. The second kappa shape index (κ2) is 9.90. The van der Waals surface area contributed by atoms with Gasteiger partial charge in [0.1, 0.15) is 6.54 Å².